The lowest BCUT2D eigenvalue weighted by Gasteiger charge is -2.19. The molecule has 0 aliphatic carbocycles. The van der Waals surface area contributed by atoms with Gasteiger partial charge in [-0.05, 0) is 43.3 Å². The van der Waals surface area contributed by atoms with Gasteiger partial charge in [0, 0.05) is 18.0 Å². The standard InChI is InChI=1S/C19H19NO7S/c1-12(27-19(22)13-3-6-15(7-4-13)28(2,23)24)18(21)20-14-5-8-16-17(11-14)26-10-9-25-16/h3-8,11-12H,9-10H2,1-2H3,(H,20,21)/t12-/m1/s1. The molecule has 0 radical (unpaired) electrons. The normalized spacial score (nSPS) is 14.1. The van der Waals surface area contributed by atoms with Gasteiger partial charge in [-0.15, -0.1) is 0 Å². The quantitative estimate of drug-likeness (QED) is 0.759. The van der Waals surface area contributed by atoms with Crippen LogP contribution in [0.15, 0.2) is 47.4 Å². The van der Waals surface area contributed by atoms with Gasteiger partial charge in [0.15, 0.2) is 27.4 Å². The number of hydrogen-bond donors (Lipinski definition) is 1. The van der Waals surface area contributed by atoms with Crippen molar-refractivity contribution in [3.05, 3.63) is 48.0 Å². The van der Waals surface area contributed by atoms with Crippen LogP contribution in [0.5, 0.6) is 11.5 Å². The minimum absolute atomic E-state index is 0.0912. The molecule has 0 aromatic heterocycles. The van der Waals surface area contributed by atoms with Gasteiger partial charge in [0.25, 0.3) is 5.91 Å². The van der Waals surface area contributed by atoms with Crippen molar-refractivity contribution in [2.24, 2.45) is 0 Å². The first-order valence-electron chi connectivity index (χ1n) is 8.45. The first kappa shape index (κ1) is 19.7. The molecule has 0 unspecified atom stereocenters. The summed E-state index contributed by atoms with van der Waals surface area (Å²) in [6, 6.07) is 10.3. The molecule has 28 heavy (non-hydrogen) atoms. The summed E-state index contributed by atoms with van der Waals surface area (Å²) in [4.78, 5) is 24.6. The Labute approximate surface area is 162 Å². The molecule has 8 nitrogen and oxygen atoms in total. The van der Waals surface area contributed by atoms with Gasteiger partial charge in [0.2, 0.25) is 0 Å². The Bertz CT molecular complexity index is 999. The van der Waals surface area contributed by atoms with E-state index in [1.165, 1.54) is 31.2 Å². The second kappa shape index (κ2) is 7.89. The molecule has 0 saturated heterocycles. The van der Waals surface area contributed by atoms with E-state index in [0.717, 1.165) is 6.26 Å². The number of carbonyl (C=O) groups excluding carboxylic acids is 2. The molecular weight excluding hydrogens is 386 g/mol. The van der Waals surface area contributed by atoms with Crippen molar-refractivity contribution in [3.63, 3.8) is 0 Å². The molecule has 3 rings (SSSR count). The van der Waals surface area contributed by atoms with E-state index in [1.807, 2.05) is 0 Å². The summed E-state index contributed by atoms with van der Waals surface area (Å²) in [7, 11) is -3.36. The highest BCUT2D eigenvalue weighted by Gasteiger charge is 2.20. The highest BCUT2D eigenvalue weighted by Crippen LogP contribution is 2.32. The predicted molar refractivity (Wildman–Crippen MR) is 100 cm³/mol. The van der Waals surface area contributed by atoms with Gasteiger partial charge in [-0.2, -0.15) is 0 Å². The third-order valence-corrected chi connectivity index (χ3v) is 5.11. The van der Waals surface area contributed by atoms with Gasteiger partial charge in [-0.3, -0.25) is 4.79 Å². The van der Waals surface area contributed by atoms with Crippen molar-refractivity contribution >= 4 is 27.4 Å². The largest absolute Gasteiger partial charge is 0.486 e. The first-order valence-corrected chi connectivity index (χ1v) is 10.3. The van der Waals surface area contributed by atoms with Gasteiger partial charge in [0.1, 0.15) is 13.2 Å². The molecule has 0 bridgehead atoms. The predicted octanol–water partition coefficient (Wildman–Crippen LogP) is 2.05. The third kappa shape index (κ3) is 4.61. The summed E-state index contributed by atoms with van der Waals surface area (Å²) in [5.74, 6) is -0.122. The van der Waals surface area contributed by atoms with E-state index in [-0.39, 0.29) is 10.5 Å². The minimum atomic E-state index is -3.36. The Morgan fingerprint density at radius 1 is 1.04 bits per heavy atom. The smallest absolute Gasteiger partial charge is 0.338 e. The molecular formula is C19H19NO7S. The Kier molecular flexibility index (Phi) is 5.55. The number of carbonyl (C=O) groups is 2. The molecule has 2 aromatic carbocycles. The number of nitrogens with one attached hydrogen (secondary N) is 1. The van der Waals surface area contributed by atoms with Crippen molar-refractivity contribution < 1.29 is 32.2 Å². The highest BCUT2D eigenvalue weighted by molar-refractivity contribution is 7.90. The van der Waals surface area contributed by atoms with E-state index in [1.54, 1.807) is 18.2 Å². The molecule has 1 amide bonds. The zero-order valence-corrected chi connectivity index (χ0v) is 16.1. The molecule has 1 heterocycles. The number of sulfone groups is 1. The van der Waals surface area contributed by atoms with Crippen LogP contribution < -0.4 is 14.8 Å². The monoisotopic (exact) mass is 405 g/mol. The summed E-state index contributed by atoms with van der Waals surface area (Å²) < 4.78 is 38.9. The number of ether oxygens (including phenoxy) is 3. The average Bonchev–Trinajstić information content (AvgIpc) is 2.67. The van der Waals surface area contributed by atoms with E-state index < -0.39 is 27.8 Å². The van der Waals surface area contributed by atoms with Crippen molar-refractivity contribution in [2.75, 3.05) is 24.8 Å². The number of fused-ring (bicyclic) bond motifs is 1. The van der Waals surface area contributed by atoms with Crippen molar-refractivity contribution in [1.82, 2.24) is 0 Å². The lowest BCUT2D eigenvalue weighted by atomic mass is 10.2. The Morgan fingerprint density at radius 2 is 1.68 bits per heavy atom. The van der Waals surface area contributed by atoms with Crippen LogP contribution >= 0.6 is 0 Å². The number of hydrogen-bond acceptors (Lipinski definition) is 7. The van der Waals surface area contributed by atoms with Crippen LogP contribution in [-0.4, -0.2) is 45.9 Å². The maximum absolute atomic E-state index is 12.3. The molecule has 1 atom stereocenters. The second-order valence-electron chi connectivity index (χ2n) is 6.19. The summed E-state index contributed by atoms with van der Waals surface area (Å²) in [5, 5.41) is 2.65. The molecule has 2 aromatic rings. The van der Waals surface area contributed by atoms with Gasteiger partial charge < -0.3 is 19.5 Å². The van der Waals surface area contributed by atoms with Crippen LogP contribution in [0.25, 0.3) is 0 Å². The SMILES string of the molecule is C[C@@H](OC(=O)c1ccc(S(C)(=O)=O)cc1)C(=O)Nc1ccc2c(c1)OCCO2. The number of esters is 1. The van der Waals surface area contributed by atoms with Gasteiger partial charge in [-0.25, -0.2) is 13.2 Å². The third-order valence-electron chi connectivity index (χ3n) is 3.98. The van der Waals surface area contributed by atoms with E-state index in [4.69, 9.17) is 14.2 Å². The lowest BCUT2D eigenvalue weighted by Crippen LogP contribution is -2.30. The van der Waals surface area contributed by atoms with Crippen LogP contribution in [0, 0.1) is 0 Å². The van der Waals surface area contributed by atoms with Crippen LogP contribution in [0.1, 0.15) is 17.3 Å². The van der Waals surface area contributed by atoms with E-state index in [9.17, 15) is 18.0 Å². The van der Waals surface area contributed by atoms with Crippen molar-refractivity contribution in [3.8, 4) is 11.5 Å². The molecule has 9 heteroatoms. The van der Waals surface area contributed by atoms with Gasteiger partial charge in [0.05, 0.1) is 10.5 Å². The fraction of sp³-hybridized carbons (Fsp3) is 0.263. The van der Waals surface area contributed by atoms with Crippen molar-refractivity contribution in [1.29, 1.82) is 0 Å². The van der Waals surface area contributed by atoms with E-state index >= 15 is 0 Å². The Balaban J connectivity index is 1.61. The molecule has 148 valence electrons. The maximum atomic E-state index is 12.3. The summed E-state index contributed by atoms with van der Waals surface area (Å²) in [5.41, 5.74) is 0.626. The molecule has 1 aliphatic heterocycles. The van der Waals surface area contributed by atoms with E-state index in [2.05, 4.69) is 5.32 Å². The van der Waals surface area contributed by atoms with Crippen LogP contribution in [0.4, 0.5) is 5.69 Å². The number of rotatable bonds is 5. The molecule has 0 saturated carbocycles. The Morgan fingerprint density at radius 3 is 2.32 bits per heavy atom. The van der Waals surface area contributed by atoms with Gasteiger partial charge >= 0.3 is 5.97 Å². The van der Waals surface area contributed by atoms with Crippen LogP contribution in [0.2, 0.25) is 0 Å². The number of anilines is 1. The Hall–Kier alpha value is -3.07. The lowest BCUT2D eigenvalue weighted by molar-refractivity contribution is -0.123. The molecule has 0 fully saturated rings. The summed E-state index contributed by atoms with van der Waals surface area (Å²) in [6.45, 7) is 2.34. The van der Waals surface area contributed by atoms with Crippen molar-refractivity contribution in [2.45, 2.75) is 17.9 Å². The van der Waals surface area contributed by atoms with Crippen LogP contribution in [0.3, 0.4) is 0 Å². The van der Waals surface area contributed by atoms with E-state index in [0.29, 0.717) is 30.4 Å². The highest BCUT2D eigenvalue weighted by atomic mass is 32.2. The average molecular weight is 405 g/mol. The molecule has 1 aliphatic rings. The van der Waals surface area contributed by atoms with Crippen LogP contribution in [-0.2, 0) is 19.4 Å². The fourth-order valence-electron chi connectivity index (χ4n) is 2.49. The number of amides is 1. The first-order chi connectivity index (χ1) is 13.2. The molecule has 0 spiro atoms. The van der Waals surface area contributed by atoms with Gasteiger partial charge in [-0.1, -0.05) is 0 Å². The summed E-state index contributed by atoms with van der Waals surface area (Å²) >= 11 is 0. The maximum Gasteiger partial charge on any atom is 0.338 e. The zero-order chi connectivity index (χ0) is 20.3. The topological polar surface area (TPSA) is 108 Å². The molecule has 1 N–H and O–H groups in total. The summed E-state index contributed by atoms with van der Waals surface area (Å²) in [6.07, 6.45) is 0.0141. The number of benzene rings is 2. The second-order valence-corrected chi connectivity index (χ2v) is 8.21. The fourth-order valence-corrected chi connectivity index (χ4v) is 3.12. The zero-order valence-electron chi connectivity index (χ0n) is 15.3. The minimum Gasteiger partial charge on any atom is -0.486 e.